The van der Waals surface area contributed by atoms with E-state index in [1.165, 1.54) is 19.2 Å². The van der Waals surface area contributed by atoms with Crippen LogP contribution < -0.4 is 4.74 Å². The second kappa shape index (κ2) is 4.20. The normalized spacial score (nSPS) is 10.2. The van der Waals surface area contributed by atoms with Crippen LogP contribution in [0.1, 0.15) is 10.5 Å². The van der Waals surface area contributed by atoms with Crippen molar-refractivity contribution in [1.29, 1.82) is 0 Å². The molecule has 0 amide bonds. The number of carboxylic acids is 1. The molecule has 2 N–H and O–H groups in total. The lowest BCUT2D eigenvalue weighted by atomic mass is 10.1. The van der Waals surface area contributed by atoms with E-state index < -0.39 is 11.8 Å². The highest BCUT2D eigenvalue weighted by Gasteiger charge is 2.17. The van der Waals surface area contributed by atoms with Crippen LogP contribution in [0.15, 0.2) is 18.2 Å². The maximum Gasteiger partial charge on any atom is 0.358 e. The number of nitrogens with one attached hydrogen (secondary N) is 1. The van der Waals surface area contributed by atoms with Gasteiger partial charge in [-0.2, -0.15) is 10.3 Å². The van der Waals surface area contributed by atoms with E-state index in [4.69, 9.17) is 9.84 Å². The molecule has 0 spiro atoms. The van der Waals surface area contributed by atoms with E-state index in [0.29, 0.717) is 5.56 Å². The van der Waals surface area contributed by atoms with Crippen molar-refractivity contribution in [1.82, 2.24) is 15.4 Å². The third-order valence-corrected chi connectivity index (χ3v) is 2.18. The molecule has 0 aliphatic carbocycles. The minimum atomic E-state index is -1.23. The number of nitrogens with zero attached hydrogens (tertiary/aromatic N) is 2. The summed E-state index contributed by atoms with van der Waals surface area (Å²) in [6, 6.07) is 4.04. The van der Waals surface area contributed by atoms with Crippen LogP contribution >= 0.6 is 0 Å². The SMILES string of the molecule is COc1ccc(-c2n[nH]nc2C(=O)O)cc1F. The van der Waals surface area contributed by atoms with Crippen LogP contribution in [-0.4, -0.2) is 33.6 Å². The molecule has 1 aromatic carbocycles. The molecule has 2 rings (SSSR count). The highest BCUT2D eigenvalue weighted by molar-refractivity contribution is 5.92. The van der Waals surface area contributed by atoms with Crippen molar-refractivity contribution in [3.8, 4) is 17.0 Å². The van der Waals surface area contributed by atoms with Gasteiger partial charge in [0.1, 0.15) is 5.69 Å². The standard InChI is InChI=1S/C10H8FN3O3/c1-17-7-3-2-5(4-6(7)11)8-9(10(15)16)13-14-12-8/h2-4H,1H3,(H,15,16)(H,12,13,14). The number of carbonyl (C=O) groups is 1. The predicted octanol–water partition coefficient (Wildman–Crippen LogP) is 1.32. The Morgan fingerprint density at radius 3 is 2.82 bits per heavy atom. The number of ether oxygens (including phenoxy) is 1. The zero-order chi connectivity index (χ0) is 12.4. The fourth-order valence-electron chi connectivity index (χ4n) is 1.39. The van der Waals surface area contributed by atoms with Gasteiger partial charge in [0.15, 0.2) is 17.3 Å². The van der Waals surface area contributed by atoms with E-state index in [1.807, 2.05) is 0 Å². The first kappa shape index (κ1) is 11.1. The zero-order valence-corrected chi connectivity index (χ0v) is 8.77. The average Bonchev–Trinajstić information content (AvgIpc) is 2.77. The quantitative estimate of drug-likeness (QED) is 0.840. The third-order valence-electron chi connectivity index (χ3n) is 2.18. The summed E-state index contributed by atoms with van der Waals surface area (Å²) in [5.74, 6) is -1.75. The van der Waals surface area contributed by atoms with Gasteiger partial charge in [-0.1, -0.05) is 0 Å². The summed E-state index contributed by atoms with van der Waals surface area (Å²) in [4.78, 5) is 10.8. The average molecular weight is 237 g/mol. The van der Waals surface area contributed by atoms with Gasteiger partial charge in [-0.3, -0.25) is 0 Å². The zero-order valence-electron chi connectivity index (χ0n) is 8.77. The summed E-state index contributed by atoms with van der Waals surface area (Å²) in [6.07, 6.45) is 0. The number of methoxy groups -OCH3 is 1. The molecule has 6 nitrogen and oxygen atoms in total. The Balaban J connectivity index is 2.50. The van der Waals surface area contributed by atoms with Crippen molar-refractivity contribution < 1.29 is 19.0 Å². The molecule has 0 saturated heterocycles. The molecule has 0 aliphatic rings. The first-order valence-corrected chi connectivity index (χ1v) is 4.61. The highest BCUT2D eigenvalue weighted by Crippen LogP contribution is 2.25. The Bertz CT molecular complexity index is 568. The van der Waals surface area contributed by atoms with E-state index in [2.05, 4.69) is 15.4 Å². The lowest BCUT2D eigenvalue weighted by Gasteiger charge is -2.03. The summed E-state index contributed by atoms with van der Waals surface area (Å²) in [6.45, 7) is 0. The summed E-state index contributed by atoms with van der Waals surface area (Å²) in [7, 11) is 1.34. The molecule has 0 aliphatic heterocycles. The number of carboxylic acid groups (broad SMARTS) is 1. The monoisotopic (exact) mass is 237 g/mol. The molecule has 0 atom stereocenters. The molecule has 7 heteroatoms. The van der Waals surface area contributed by atoms with E-state index >= 15 is 0 Å². The van der Waals surface area contributed by atoms with Crippen molar-refractivity contribution in [3.63, 3.8) is 0 Å². The lowest BCUT2D eigenvalue weighted by molar-refractivity contribution is 0.0691. The Labute approximate surface area is 95.0 Å². The van der Waals surface area contributed by atoms with E-state index in [-0.39, 0.29) is 17.1 Å². The van der Waals surface area contributed by atoms with Crippen molar-refractivity contribution in [2.24, 2.45) is 0 Å². The van der Waals surface area contributed by atoms with Crippen LogP contribution in [0.2, 0.25) is 0 Å². The van der Waals surface area contributed by atoms with Gasteiger partial charge in [-0.25, -0.2) is 9.18 Å². The molecule has 0 fully saturated rings. The van der Waals surface area contributed by atoms with Gasteiger partial charge < -0.3 is 9.84 Å². The molecule has 0 radical (unpaired) electrons. The van der Waals surface area contributed by atoms with E-state index in [1.54, 1.807) is 0 Å². The van der Waals surface area contributed by atoms with Gasteiger partial charge >= 0.3 is 5.97 Å². The first-order chi connectivity index (χ1) is 8.13. The predicted molar refractivity (Wildman–Crippen MR) is 55.3 cm³/mol. The van der Waals surface area contributed by atoms with Crippen molar-refractivity contribution in [3.05, 3.63) is 29.7 Å². The molecular weight excluding hydrogens is 229 g/mol. The number of hydrogen-bond donors (Lipinski definition) is 2. The molecule has 0 unspecified atom stereocenters. The maximum atomic E-state index is 13.4. The number of benzene rings is 1. The number of aromatic nitrogens is 3. The molecule has 1 heterocycles. The highest BCUT2D eigenvalue weighted by atomic mass is 19.1. The minimum absolute atomic E-state index is 0.0779. The van der Waals surface area contributed by atoms with Gasteiger partial charge in [0.25, 0.3) is 0 Å². The van der Waals surface area contributed by atoms with Gasteiger partial charge in [0.05, 0.1) is 7.11 Å². The van der Waals surface area contributed by atoms with Crippen LogP contribution in [0.5, 0.6) is 5.75 Å². The number of rotatable bonds is 3. The molecule has 0 bridgehead atoms. The van der Waals surface area contributed by atoms with Gasteiger partial charge in [0.2, 0.25) is 0 Å². The van der Waals surface area contributed by atoms with E-state index in [0.717, 1.165) is 6.07 Å². The topological polar surface area (TPSA) is 88.1 Å². The summed E-state index contributed by atoms with van der Waals surface area (Å²) >= 11 is 0. The Hall–Kier alpha value is -2.44. The second-order valence-electron chi connectivity index (χ2n) is 3.18. The summed E-state index contributed by atoms with van der Waals surface area (Å²) in [5, 5.41) is 18.2. The Kier molecular flexibility index (Phi) is 2.73. The maximum absolute atomic E-state index is 13.4. The molecule has 2 aromatic rings. The lowest BCUT2D eigenvalue weighted by Crippen LogP contribution is -1.99. The van der Waals surface area contributed by atoms with Crippen LogP contribution in [0, 0.1) is 5.82 Å². The van der Waals surface area contributed by atoms with Crippen LogP contribution in [-0.2, 0) is 0 Å². The van der Waals surface area contributed by atoms with Gasteiger partial charge in [0, 0.05) is 5.56 Å². The van der Waals surface area contributed by atoms with Crippen LogP contribution in [0.4, 0.5) is 4.39 Å². The van der Waals surface area contributed by atoms with Crippen LogP contribution in [0.25, 0.3) is 11.3 Å². The second-order valence-corrected chi connectivity index (χ2v) is 3.18. The number of halogens is 1. The Morgan fingerprint density at radius 1 is 1.47 bits per heavy atom. The number of aromatic amines is 1. The van der Waals surface area contributed by atoms with Crippen molar-refractivity contribution in [2.45, 2.75) is 0 Å². The number of H-pyrrole nitrogens is 1. The minimum Gasteiger partial charge on any atom is -0.494 e. The van der Waals surface area contributed by atoms with Gasteiger partial charge in [-0.05, 0) is 18.2 Å². The summed E-state index contributed by atoms with van der Waals surface area (Å²) < 4.78 is 18.2. The van der Waals surface area contributed by atoms with Crippen molar-refractivity contribution in [2.75, 3.05) is 7.11 Å². The number of aromatic carboxylic acids is 1. The molecular formula is C10H8FN3O3. The summed E-state index contributed by atoms with van der Waals surface area (Å²) in [5.41, 5.74) is 0.142. The third kappa shape index (κ3) is 1.94. The molecule has 1 aromatic heterocycles. The molecule has 0 saturated carbocycles. The number of hydrogen-bond acceptors (Lipinski definition) is 4. The van der Waals surface area contributed by atoms with Crippen LogP contribution in [0.3, 0.4) is 0 Å². The smallest absolute Gasteiger partial charge is 0.358 e. The first-order valence-electron chi connectivity index (χ1n) is 4.61. The molecule has 17 heavy (non-hydrogen) atoms. The fraction of sp³-hybridized carbons (Fsp3) is 0.100. The fourth-order valence-corrected chi connectivity index (χ4v) is 1.39. The van der Waals surface area contributed by atoms with Gasteiger partial charge in [-0.15, -0.1) is 5.10 Å². The molecule has 88 valence electrons. The largest absolute Gasteiger partial charge is 0.494 e. The Morgan fingerprint density at radius 2 is 2.24 bits per heavy atom. The van der Waals surface area contributed by atoms with Crippen molar-refractivity contribution >= 4 is 5.97 Å². The van der Waals surface area contributed by atoms with E-state index in [9.17, 15) is 9.18 Å².